The molecule has 1 aliphatic carbocycles. The van der Waals surface area contributed by atoms with Crippen molar-refractivity contribution in [1.29, 1.82) is 0 Å². The maximum absolute atomic E-state index is 13.0. The molecule has 2 aliphatic rings. The largest absolute Gasteiger partial charge is 0.462 e. The van der Waals surface area contributed by atoms with Crippen molar-refractivity contribution in [1.82, 2.24) is 0 Å². The van der Waals surface area contributed by atoms with Crippen LogP contribution in [-0.4, -0.2) is 18.4 Å². The zero-order chi connectivity index (χ0) is 19.1. The van der Waals surface area contributed by atoms with Gasteiger partial charge in [0.2, 0.25) is 5.88 Å². The quantitative estimate of drug-likeness (QED) is 0.750. The van der Waals surface area contributed by atoms with Crippen LogP contribution in [0.1, 0.15) is 45.1 Å². The number of Topliss-reactive ketones (excluding diaryl/α,β-unsaturated/α-hetero) is 1. The lowest BCUT2D eigenvalue weighted by Crippen LogP contribution is -2.35. The Morgan fingerprint density at radius 3 is 2.69 bits per heavy atom. The lowest BCUT2D eigenvalue weighted by atomic mass is 9.70. The van der Waals surface area contributed by atoms with E-state index in [4.69, 9.17) is 15.2 Å². The van der Waals surface area contributed by atoms with Crippen LogP contribution in [0.15, 0.2) is 51.5 Å². The molecule has 0 amide bonds. The predicted octanol–water partition coefficient (Wildman–Crippen LogP) is 3.94. The molecule has 1 atom stereocenters. The molecule has 5 nitrogen and oxygen atoms in total. The third-order valence-corrected chi connectivity index (χ3v) is 5.39. The van der Waals surface area contributed by atoms with E-state index in [-0.39, 0.29) is 29.3 Å². The summed E-state index contributed by atoms with van der Waals surface area (Å²) in [7, 11) is 0. The molecule has 3 rings (SSSR count). The summed E-state index contributed by atoms with van der Waals surface area (Å²) < 4.78 is 11.8. The van der Waals surface area contributed by atoms with Crippen LogP contribution >= 0.6 is 15.9 Å². The van der Waals surface area contributed by atoms with E-state index in [1.807, 2.05) is 38.1 Å². The number of benzene rings is 1. The van der Waals surface area contributed by atoms with Crippen molar-refractivity contribution in [3.63, 3.8) is 0 Å². The van der Waals surface area contributed by atoms with E-state index in [1.54, 1.807) is 6.92 Å². The van der Waals surface area contributed by atoms with Crippen LogP contribution in [-0.2, 0) is 19.1 Å². The average molecular weight is 420 g/mol. The monoisotopic (exact) mass is 419 g/mol. The molecule has 1 heterocycles. The van der Waals surface area contributed by atoms with Gasteiger partial charge in [0.25, 0.3) is 0 Å². The number of carbonyl (C=O) groups excluding carboxylic acids is 2. The molecular formula is C20H22BrNO4. The second-order valence-electron chi connectivity index (χ2n) is 7.33. The molecule has 26 heavy (non-hydrogen) atoms. The molecule has 0 unspecified atom stereocenters. The summed E-state index contributed by atoms with van der Waals surface area (Å²) in [4.78, 5) is 25.6. The van der Waals surface area contributed by atoms with Crippen LogP contribution in [0.2, 0.25) is 0 Å². The number of esters is 1. The van der Waals surface area contributed by atoms with Gasteiger partial charge < -0.3 is 15.2 Å². The predicted molar refractivity (Wildman–Crippen MR) is 101 cm³/mol. The summed E-state index contributed by atoms with van der Waals surface area (Å²) in [5, 5.41) is 0. The van der Waals surface area contributed by atoms with Gasteiger partial charge in [-0.15, -0.1) is 0 Å². The number of ketones is 1. The fraction of sp³-hybridized carbons (Fsp3) is 0.400. The highest BCUT2D eigenvalue weighted by molar-refractivity contribution is 9.10. The Hall–Kier alpha value is -2.08. The van der Waals surface area contributed by atoms with Crippen molar-refractivity contribution in [2.45, 2.75) is 39.5 Å². The lowest BCUT2D eigenvalue weighted by molar-refractivity contribution is -0.139. The number of allylic oxidation sites excluding steroid dienone is 2. The Balaban J connectivity index is 2.21. The first-order chi connectivity index (χ1) is 12.2. The average Bonchev–Trinajstić information content (AvgIpc) is 2.53. The molecule has 2 N–H and O–H groups in total. The maximum Gasteiger partial charge on any atom is 0.340 e. The van der Waals surface area contributed by atoms with Gasteiger partial charge in [-0.05, 0) is 24.0 Å². The van der Waals surface area contributed by atoms with Gasteiger partial charge >= 0.3 is 5.97 Å². The van der Waals surface area contributed by atoms with Gasteiger partial charge in [0, 0.05) is 22.9 Å². The van der Waals surface area contributed by atoms with Gasteiger partial charge in [0.05, 0.1) is 12.5 Å². The van der Waals surface area contributed by atoms with Crippen LogP contribution in [0.3, 0.4) is 0 Å². The lowest BCUT2D eigenvalue weighted by Gasteiger charge is -2.38. The third-order valence-electron chi connectivity index (χ3n) is 4.67. The molecule has 1 aromatic carbocycles. The number of nitrogens with two attached hydrogens (primary N) is 1. The van der Waals surface area contributed by atoms with Crippen LogP contribution in [0.25, 0.3) is 0 Å². The zero-order valence-corrected chi connectivity index (χ0v) is 16.7. The molecule has 0 bridgehead atoms. The molecule has 6 heteroatoms. The van der Waals surface area contributed by atoms with Crippen molar-refractivity contribution >= 4 is 27.7 Å². The Morgan fingerprint density at radius 1 is 1.35 bits per heavy atom. The maximum atomic E-state index is 13.0. The third kappa shape index (κ3) is 3.30. The Morgan fingerprint density at radius 2 is 2.04 bits per heavy atom. The molecular weight excluding hydrogens is 398 g/mol. The van der Waals surface area contributed by atoms with Crippen molar-refractivity contribution < 1.29 is 19.1 Å². The molecule has 0 fully saturated rings. The van der Waals surface area contributed by atoms with Gasteiger partial charge in [0.1, 0.15) is 11.3 Å². The summed E-state index contributed by atoms with van der Waals surface area (Å²) in [5.41, 5.74) is 7.40. The highest BCUT2D eigenvalue weighted by Crippen LogP contribution is 2.49. The van der Waals surface area contributed by atoms with E-state index >= 15 is 0 Å². The van der Waals surface area contributed by atoms with E-state index < -0.39 is 11.9 Å². The topological polar surface area (TPSA) is 78.6 Å². The second kappa shape index (κ2) is 6.91. The molecule has 0 saturated heterocycles. The van der Waals surface area contributed by atoms with Crippen LogP contribution in [0.4, 0.5) is 0 Å². The molecule has 0 aromatic heterocycles. The fourth-order valence-corrected chi connectivity index (χ4v) is 4.13. The van der Waals surface area contributed by atoms with Crippen molar-refractivity contribution in [2.75, 3.05) is 6.61 Å². The number of ether oxygens (including phenoxy) is 2. The molecule has 138 valence electrons. The van der Waals surface area contributed by atoms with E-state index in [0.717, 1.165) is 10.0 Å². The van der Waals surface area contributed by atoms with E-state index in [2.05, 4.69) is 15.9 Å². The first-order valence-corrected chi connectivity index (χ1v) is 9.39. The second-order valence-corrected chi connectivity index (χ2v) is 8.19. The number of halogens is 1. The minimum absolute atomic E-state index is 0.00783. The highest BCUT2D eigenvalue weighted by Gasteiger charge is 2.45. The minimum atomic E-state index is -0.600. The summed E-state index contributed by atoms with van der Waals surface area (Å²) in [6.45, 7) is 5.98. The number of hydrogen-bond donors (Lipinski definition) is 1. The first kappa shape index (κ1) is 18.7. The van der Waals surface area contributed by atoms with Crippen LogP contribution in [0.5, 0.6) is 0 Å². The summed E-state index contributed by atoms with van der Waals surface area (Å²) in [5.74, 6) is -0.621. The van der Waals surface area contributed by atoms with Gasteiger partial charge in [0.15, 0.2) is 5.78 Å². The molecule has 1 aliphatic heterocycles. The molecule has 0 radical (unpaired) electrons. The molecule has 0 spiro atoms. The van der Waals surface area contributed by atoms with E-state index in [1.165, 1.54) is 0 Å². The van der Waals surface area contributed by atoms with Crippen molar-refractivity contribution in [2.24, 2.45) is 11.1 Å². The smallest absolute Gasteiger partial charge is 0.340 e. The summed E-state index contributed by atoms with van der Waals surface area (Å²) >= 11 is 3.54. The summed E-state index contributed by atoms with van der Waals surface area (Å²) in [6.07, 6.45) is 0.984. The van der Waals surface area contributed by atoms with E-state index in [0.29, 0.717) is 24.2 Å². The van der Waals surface area contributed by atoms with Gasteiger partial charge in [-0.1, -0.05) is 48.0 Å². The standard InChI is InChI=1S/C20H22BrNO4/c1-4-25-19(24)17-15(11-7-5-6-8-12(11)21)16-13(23)9-20(2,3)10-14(16)26-18(17)22/h5-8,15H,4,9-10,22H2,1-3H3/t15-/m1/s1. The minimum Gasteiger partial charge on any atom is -0.462 e. The zero-order valence-electron chi connectivity index (χ0n) is 15.1. The Bertz CT molecular complexity index is 838. The summed E-state index contributed by atoms with van der Waals surface area (Å²) in [6, 6.07) is 7.50. The van der Waals surface area contributed by atoms with Crippen molar-refractivity contribution in [3.8, 4) is 0 Å². The number of rotatable bonds is 3. The molecule has 0 saturated carbocycles. The highest BCUT2D eigenvalue weighted by atomic mass is 79.9. The molecule has 1 aromatic rings. The van der Waals surface area contributed by atoms with Gasteiger partial charge in [-0.2, -0.15) is 0 Å². The van der Waals surface area contributed by atoms with Crippen LogP contribution in [0, 0.1) is 5.41 Å². The fourth-order valence-electron chi connectivity index (χ4n) is 3.61. The number of hydrogen-bond acceptors (Lipinski definition) is 5. The van der Waals surface area contributed by atoms with Crippen molar-refractivity contribution in [3.05, 3.63) is 57.1 Å². The SMILES string of the molecule is CCOC(=O)C1=C(N)OC2=C(C(=O)CC(C)(C)C2)[C@H]1c1ccccc1Br. The van der Waals surface area contributed by atoms with E-state index in [9.17, 15) is 9.59 Å². The first-order valence-electron chi connectivity index (χ1n) is 8.60. The Labute approximate surface area is 161 Å². The van der Waals surface area contributed by atoms with Crippen LogP contribution < -0.4 is 5.73 Å². The normalized spacial score (nSPS) is 22.0. The van der Waals surface area contributed by atoms with Gasteiger partial charge in [-0.25, -0.2) is 4.79 Å². The Kier molecular flexibility index (Phi) is 4.97. The number of carbonyl (C=O) groups is 2. The van der Waals surface area contributed by atoms with Gasteiger partial charge in [-0.3, -0.25) is 4.79 Å².